The molecule has 0 spiro atoms. The number of aromatic nitrogens is 1. The van der Waals surface area contributed by atoms with E-state index in [2.05, 4.69) is 10.3 Å². The summed E-state index contributed by atoms with van der Waals surface area (Å²) in [6, 6.07) is 9.14. The first-order valence-corrected chi connectivity index (χ1v) is 5.95. The Morgan fingerprint density at radius 2 is 1.83 bits per heavy atom. The Bertz CT molecular complexity index is 559. The van der Waals surface area contributed by atoms with E-state index in [-0.39, 0.29) is 5.91 Å². The normalized spacial score (nSPS) is 10.2. The zero-order valence-corrected chi connectivity index (χ0v) is 11.0. The van der Waals surface area contributed by atoms with Crippen LogP contribution < -0.4 is 5.32 Å². The topological polar surface area (TPSA) is 42.0 Å². The summed E-state index contributed by atoms with van der Waals surface area (Å²) in [4.78, 5) is 16.1. The second-order valence-corrected chi connectivity index (χ2v) is 4.48. The Morgan fingerprint density at radius 1 is 1.17 bits per heavy atom. The van der Waals surface area contributed by atoms with E-state index in [9.17, 15) is 4.79 Å². The number of pyridine rings is 1. The molecule has 0 radical (unpaired) electrons. The van der Waals surface area contributed by atoms with Crippen LogP contribution in [-0.2, 0) is 0 Å². The number of hydrogen-bond acceptors (Lipinski definition) is 2. The molecular formula is C14H13ClN2O. The summed E-state index contributed by atoms with van der Waals surface area (Å²) in [5.74, 6) is -0.130. The van der Waals surface area contributed by atoms with Crippen molar-refractivity contribution < 1.29 is 4.79 Å². The molecule has 92 valence electrons. The third-order valence-corrected chi connectivity index (χ3v) is 2.92. The van der Waals surface area contributed by atoms with E-state index in [0.717, 1.165) is 11.1 Å². The number of carbonyl (C=O) groups is 1. The van der Waals surface area contributed by atoms with E-state index >= 15 is 0 Å². The Kier molecular flexibility index (Phi) is 3.63. The minimum atomic E-state index is -0.130. The number of anilines is 1. The molecule has 1 heterocycles. The van der Waals surface area contributed by atoms with Gasteiger partial charge in [-0.3, -0.25) is 4.79 Å². The fourth-order valence-corrected chi connectivity index (χ4v) is 1.93. The minimum absolute atomic E-state index is 0.130. The van der Waals surface area contributed by atoms with E-state index in [1.807, 2.05) is 32.0 Å². The van der Waals surface area contributed by atoms with Crippen LogP contribution in [0.5, 0.6) is 0 Å². The van der Waals surface area contributed by atoms with Crippen molar-refractivity contribution in [3.8, 4) is 0 Å². The van der Waals surface area contributed by atoms with Crippen LogP contribution in [0, 0.1) is 13.8 Å². The number of nitrogens with zero attached hydrogens (tertiary/aromatic N) is 1. The Labute approximate surface area is 111 Å². The first-order valence-electron chi connectivity index (χ1n) is 5.57. The van der Waals surface area contributed by atoms with Gasteiger partial charge in [-0.15, -0.1) is 0 Å². The van der Waals surface area contributed by atoms with Crippen molar-refractivity contribution >= 4 is 23.2 Å². The Hall–Kier alpha value is -1.87. The molecule has 1 aromatic carbocycles. The van der Waals surface area contributed by atoms with Crippen LogP contribution in [0.1, 0.15) is 21.5 Å². The monoisotopic (exact) mass is 260 g/mol. The molecule has 0 saturated heterocycles. The van der Waals surface area contributed by atoms with E-state index in [1.165, 1.54) is 6.20 Å². The fourth-order valence-electron chi connectivity index (χ4n) is 1.82. The smallest absolute Gasteiger partial charge is 0.256 e. The number of nitrogens with one attached hydrogen (secondary N) is 1. The van der Waals surface area contributed by atoms with Crippen molar-refractivity contribution in [1.82, 2.24) is 4.98 Å². The fraction of sp³-hybridized carbons (Fsp3) is 0.143. The van der Waals surface area contributed by atoms with Crippen LogP contribution in [0.2, 0.25) is 5.15 Å². The molecular weight excluding hydrogens is 248 g/mol. The van der Waals surface area contributed by atoms with Gasteiger partial charge in [0.2, 0.25) is 0 Å². The summed E-state index contributed by atoms with van der Waals surface area (Å²) < 4.78 is 0. The molecule has 0 fully saturated rings. The second-order valence-electron chi connectivity index (χ2n) is 4.09. The highest BCUT2D eigenvalue weighted by atomic mass is 35.5. The molecule has 2 aromatic rings. The quantitative estimate of drug-likeness (QED) is 0.839. The molecule has 0 atom stereocenters. The molecule has 2 rings (SSSR count). The van der Waals surface area contributed by atoms with Crippen LogP contribution in [0.25, 0.3) is 0 Å². The number of hydrogen-bond donors (Lipinski definition) is 1. The van der Waals surface area contributed by atoms with Gasteiger partial charge in [-0.05, 0) is 37.1 Å². The summed E-state index contributed by atoms with van der Waals surface area (Å²) in [5, 5.41) is 3.21. The molecule has 4 heteroatoms. The maximum Gasteiger partial charge on any atom is 0.256 e. The predicted molar refractivity (Wildman–Crippen MR) is 73.1 cm³/mol. The van der Waals surface area contributed by atoms with Gasteiger partial charge in [-0.1, -0.05) is 29.8 Å². The molecule has 18 heavy (non-hydrogen) atoms. The maximum atomic E-state index is 12.2. The second kappa shape index (κ2) is 5.19. The molecule has 0 aliphatic carbocycles. The lowest BCUT2D eigenvalue weighted by Crippen LogP contribution is -2.15. The zero-order chi connectivity index (χ0) is 13.1. The van der Waals surface area contributed by atoms with Crippen molar-refractivity contribution in [1.29, 1.82) is 0 Å². The minimum Gasteiger partial charge on any atom is -0.321 e. The number of rotatable bonds is 2. The molecule has 0 aliphatic rings. The summed E-state index contributed by atoms with van der Waals surface area (Å²) in [6.07, 6.45) is 1.54. The van der Waals surface area contributed by atoms with Gasteiger partial charge in [-0.2, -0.15) is 0 Å². The van der Waals surface area contributed by atoms with Crippen LogP contribution in [-0.4, -0.2) is 10.9 Å². The largest absolute Gasteiger partial charge is 0.321 e. The molecule has 1 aromatic heterocycles. The number of aryl methyl sites for hydroxylation is 2. The van der Waals surface area contributed by atoms with Gasteiger partial charge in [0, 0.05) is 5.56 Å². The molecule has 1 amide bonds. The number of amides is 1. The Morgan fingerprint density at radius 3 is 2.39 bits per heavy atom. The van der Waals surface area contributed by atoms with Gasteiger partial charge in [0.25, 0.3) is 5.91 Å². The maximum absolute atomic E-state index is 12.2. The van der Waals surface area contributed by atoms with Gasteiger partial charge in [0.05, 0.1) is 11.9 Å². The SMILES string of the molecule is Cc1cccc(C)c1C(=O)Nc1ccc(Cl)nc1. The van der Waals surface area contributed by atoms with E-state index in [1.54, 1.807) is 12.1 Å². The van der Waals surface area contributed by atoms with Gasteiger partial charge >= 0.3 is 0 Å². The first-order chi connectivity index (χ1) is 8.58. The number of carbonyl (C=O) groups excluding carboxylic acids is 1. The average Bonchev–Trinajstić information content (AvgIpc) is 2.32. The molecule has 0 aliphatic heterocycles. The molecule has 3 nitrogen and oxygen atoms in total. The van der Waals surface area contributed by atoms with Crippen molar-refractivity contribution in [3.05, 3.63) is 58.4 Å². The van der Waals surface area contributed by atoms with Crippen LogP contribution in [0.15, 0.2) is 36.5 Å². The van der Waals surface area contributed by atoms with Crippen molar-refractivity contribution in [2.75, 3.05) is 5.32 Å². The average molecular weight is 261 g/mol. The summed E-state index contributed by atoms with van der Waals surface area (Å²) in [5.41, 5.74) is 3.24. The van der Waals surface area contributed by atoms with Crippen molar-refractivity contribution in [2.24, 2.45) is 0 Å². The standard InChI is InChI=1S/C14H13ClN2O/c1-9-4-3-5-10(2)13(9)14(18)17-11-6-7-12(15)16-8-11/h3-8H,1-2H3,(H,17,18). The van der Waals surface area contributed by atoms with E-state index in [4.69, 9.17) is 11.6 Å². The zero-order valence-electron chi connectivity index (χ0n) is 10.2. The molecule has 0 unspecified atom stereocenters. The number of halogens is 1. The molecule has 0 saturated carbocycles. The highest BCUT2D eigenvalue weighted by Gasteiger charge is 2.11. The van der Waals surface area contributed by atoms with Crippen LogP contribution in [0.3, 0.4) is 0 Å². The lowest BCUT2D eigenvalue weighted by molar-refractivity contribution is 0.102. The van der Waals surface area contributed by atoms with Gasteiger partial charge in [0.1, 0.15) is 5.15 Å². The van der Waals surface area contributed by atoms with E-state index < -0.39 is 0 Å². The van der Waals surface area contributed by atoms with Gasteiger partial charge in [0.15, 0.2) is 0 Å². The van der Waals surface area contributed by atoms with Gasteiger partial charge < -0.3 is 5.32 Å². The van der Waals surface area contributed by atoms with Crippen molar-refractivity contribution in [3.63, 3.8) is 0 Å². The highest BCUT2D eigenvalue weighted by molar-refractivity contribution is 6.29. The third kappa shape index (κ3) is 2.68. The van der Waals surface area contributed by atoms with E-state index in [0.29, 0.717) is 16.4 Å². The Balaban J connectivity index is 2.25. The highest BCUT2D eigenvalue weighted by Crippen LogP contribution is 2.16. The summed E-state index contributed by atoms with van der Waals surface area (Å²) in [7, 11) is 0. The lowest BCUT2D eigenvalue weighted by atomic mass is 10.0. The first kappa shape index (κ1) is 12.6. The third-order valence-electron chi connectivity index (χ3n) is 2.69. The van der Waals surface area contributed by atoms with Crippen LogP contribution in [0.4, 0.5) is 5.69 Å². The predicted octanol–water partition coefficient (Wildman–Crippen LogP) is 3.60. The molecule has 1 N–H and O–H groups in total. The lowest BCUT2D eigenvalue weighted by Gasteiger charge is -2.10. The number of benzene rings is 1. The summed E-state index contributed by atoms with van der Waals surface area (Å²) in [6.45, 7) is 3.84. The van der Waals surface area contributed by atoms with Crippen LogP contribution >= 0.6 is 11.6 Å². The molecule has 0 bridgehead atoms. The summed E-state index contributed by atoms with van der Waals surface area (Å²) >= 11 is 5.69. The van der Waals surface area contributed by atoms with Crippen molar-refractivity contribution in [2.45, 2.75) is 13.8 Å². The van der Waals surface area contributed by atoms with Gasteiger partial charge in [-0.25, -0.2) is 4.98 Å².